The molecular weight excluding hydrogens is 316 g/mol. The molecule has 0 saturated carbocycles. The quantitative estimate of drug-likeness (QED) is 0.660. The normalized spacial score (nSPS) is 18.6. The molecule has 1 fully saturated rings. The van der Waals surface area contributed by atoms with Gasteiger partial charge in [0.25, 0.3) is 0 Å². The lowest BCUT2D eigenvalue weighted by molar-refractivity contribution is 0.575. The Bertz CT molecular complexity index is 657. The predicted molar refractivity (Wildman–Crippen MR) is 90.2 cm³/mol. The molecule has 0 unspecified atom stereocenters. The van der Waals surface area contributed by atoms with Crippen molar-refractivity contribution in [1.82, 2.24) is 15.3 Å². The molecule has 0 aromatic carbocycles. The van der Waals surface area contributed by atoms with Crippen molar-refractivity contribution < 1.29 is 8.42 Å². The summed E-state index contributed by atoms with van der Waals surface area (Å²) in [7, 11) is -3.47. The number of anilines is 2. The summed E-state index contributed by atoms with van der Waals surface area (Å²) in [5.41, 5.74) is 2.22. The van der Waals surface area contributed by atoms with Gasteiger partial charge in [-0.2, -0.15) is 4.98 Å². The van der Waals surface area contributed by atoms with Crippen LogP contribution in [0.15, 0.2) is 0 Å². The molecule has 4 N–H and O–H groups in total. The molecule has 1 aliphatic heterocycles. The van der Waals surface area contributed by atoms with Crippen molar-refractivity contribution in [2.45, 2.75) is 25.7 Å². The molecule has 0 spiro atoms. The van der Waals surface area contributed by atoms with E-state index in [1.54, 1.807) is 0 Å². The van der Waals surface area contributed by atoms with Crippen LogP contribution in [0.25, 0.3) is 0 Å². The summed E-state index contributed by atoms with van der Waals surface area (Å²) < 4.78 is 22.2. The summed E-state index contributed by atoms with van der Waals surface area (Å²) in [6, 6.07) is 0. The lowest BCUT2D eigenvalue weighted by Crippen LogP contribution is -2.44. The average molecular weight is 340 g/mol. The van der Waals surface area contributed by atoms with E-state index in [0.29, 0.717) is 0 Å². The number of aromatic nitrogens is 2. The van der Waals surface area contributed by atoms with Crippen molar-refractivity contribution in [1.29, 1.82) is 0 Å². The monoisotopic (exact) mass is 340 g/mol. The minimum atomic E-state index is -3.47. The van der Waals surface area contributed by atoms with Crippen LogP contribution in [-0.4, -0.2) is 56.9 Å². The van der Waals surface area contributed by atoms with Gasteiger partial charge in [0.05, 0.1) is 11.4 Å². The first kappa shape index (κ1) is 16.4. The van der Waals surface area contributed by atoms with Gasteiger partial charge in [0.1, 0.15) is 5.82 Å². The van der Waals surface area contributed by atoms with Crippen molar-refractivity contribution in [2.24, 2.45) is 5.14 Å². The van der Waals surface area contributed by atoms with Crippen LogP contribution in [0.5, 0.6) is 0 Å². The Kier molecular flexibility index (Phi) is 4.98. The molecule has 1 aromatic heterocycles. The highest BCUT2D eigenvalue weighted by molar-refractivity contribution is 7.89. The van der Waals surface area contributed by atoms with Crippen LogP contribution in [0.1, 0.15) is 24.1 Å². The predicted octanol–water partition coefficient (Wildman–Crippen LogP) is -0.535. The third-order valence-corrected chi connectivity index (χ3v) is 5.02. The fourth-order valence-corrected chi connectivity index (χ4v) is 3.43. The van der Waals surface area contributed by atoms with Crippen molar-refractivity contribution >= 4 is 21.8 Å². The molecule has 0 radical (unpaired) electrons. The minimum absolute atomic E-state index is 0.102. The second-order valence-corrected chi connectivity index (χ2v) is 7.77. The molecular formula is C14H24N6O2S. The van der Waals surface area contributed by atoms with E-state index in [1.807, 2.05) is 0 Å². The molecule has 2 heterocycles. The minimum Gasteiger partial charge on any atom is -0.369 e. The van der Waals surface area contributed by atoms with E-state index in [4.69, 9.17) is 10.1 Å². The molecule has 3 rings (SSSR count). The fourth-order valence-electron chi connectivity index (χ4n) is 3.05. The van der Waals surface area contributed by atoms with E-state index in [1.165, 1.54) is 0 Å². The number of hydrogen-bond donors (Lipinski definition) is 3. The highest BCUT2D eigenvalue weighted by Crippen LogP contribution is 2.27. The zero-order valence-electron chi connectivity index (χ0n) is 13.2. The maximum atomic E-state index is 11.1. The zero-order chi connectivity index (χ0) is 16.3. The molecule has 128 valence electrons. The van der Waals surface area contributed by atoms with Gasteiger partial charge < -0.3 is 15.5 Å². The Labute approximate surface area is 136 Å². The number of primary sulfonamides is 1. The summed E-state index contributed by atoms with van der Waals surface area (Å²) in [5.74, 6) is 1.41. The SMILES string of the molecule is NS(=O)(=O)CCNc1nc(N2CCNCC2)nc2c1CCCC2. The number of nitrogens with zero attached hydrogens (tertiary/aromatic N) is 3. The first-order valence-corrected chi connectivity index (χ1v) is 9.84. The van der Waals surface area contributed by atoms with Gasteiger partial charge in [0.15, 0.2) is 0 Å². The number of hydrogen-bond acceptors (Lipinski definition) is 7. The zero-order valence-corrected chi connectivity index (χ0v) is 14.0. The van der Waals surface area contributed by atoms with E-state index >= 15 is 0 Å². The topological polar surface area (TPSA) is 113 Å². The second kappa shape index (κ2) is 6.98. The Morgan fingerprint density at radius 1 is 1.17 bits per heavy atom. The molecule has 23 heavy (non-hydrogen) atoms. The molecule has 8 nitrogen and oxygen atoms in total. The van der Waals surface area contributed by atoms with Crippen molar-refractivity contribution in [2.75, 3.05) is 48.7 Å². The van der Waals surface area contributed by atoms with Crippen molar-refractivity contribution in [3.8, 4) is 0 Å². The van der Waals surface area contributed by atoms with Crippen molar-refractivity contribution in [3.63, 3.8) is 0 Å². The highest BCUT2D eigenvalue weighted by Gasteiger charge is 2.21. The van der Waals surface area contributed by atoms with E-state index in [-0.39, 0.29) is 12.3 Å². The Balaban J connectivity index is 1.83. The lowest BCUT2D eigenvalue weighted by Gasteiger charge is -2.29. The molecule has 0 bridgehead atoms. The Hall–Kier alpha value is -1.45. The third-order valence-electron chi connectivity index (χ3n) is 4.25. The fraction of sp³-hybridized carbons (Fsp3) is 0.714. The number of nitrogens with two attached hydrogens (primary N) is 1. The smallest absolute Gasteiger partial charge is 0.227 e. The number of piperazine rings is 1. The average Bonchev–Trinajstić information content (AvgIpc) is 2.54. The number of sulfonamides is 1. The van der Waals surface area contributed by atoms with Gasteiger partial charge in [0.2, 0.25) is 16.0 Å². The summed E-state index contributed by atoms with van der Waals surface area (Å²) in [6.07, 6.45) is 4.16. The van der Waals surface area contributed by atoms with Crippen LogP contribution in [-0.2, 0) is 22.9 Å². The van der Waals surface area contributed by atoms with Gasteiger partial charge in [0, 0.05) is 38.3 Å². The first-order valence-electron chi connectivity index (χ1n) is 8.13. The van der Waals surface area contributed by atoms with Crippen LogP contribution in [0.4, 0.5) is 11.8 Å². The van der Waals surface area contributed by atoms with E-state index < -0.39 is 10.0 Å². The van der Waals surface area contributed by atoms with Gasteiger partial charge in [-0.3, -0.25) is 0 Å². The van der Waals surface area contributed by atoms with E-state index in [2.05, 4.69) is 20.5 Å². The first-order chi connectivity index (χ1) is 11.0. The van der Waals surface area contributed by atoms with Gasteiger partial charge in [-0.05, 0) is 25.7 Å². The summed E-state index contributed by atoms with van der Waals surface area (Å²) in [5, 5.41) is 11.5. The van der Waals surface area contributed by atoms with Crippen LogP contribution >= 0.6 is 0 Å². The van der Waals surface area contributed by atoms with Crippen molar-refractivity contribution in [3.05, 3.63) is 11.3 Å². The van der Waals surface area contributed by atoms with Gasteiger partial charge >= 0.3 is 0 Å². The van der Waals surface area contributed by atoms with Gasteiger partial charge in [-0.25, -0.2) is 18.5 Å². The molecule has 2 aliphatic rings. The second-order valence-electron chi connectivity index (χ2n) is 6.04. The number of rotatable bonds is 5. The Morgan fingerprint density at radius 2 is 1.91 bits per heavy atom. The number of nitrogens with one attached hydrogen (secondary N) is 2. The van der Waals surface area contributed by atoms with Crippen LogP contribution in [0.3, 0.4) is 0 Å². The van der Waals surface area contributed by atoms with E-state index in [0.717, 1.165) is 74.9 Å². The Morgan fingerprint density at radius 3 is 2.65 bits per heavy atom. The molecule has 9 heteroatoms. The molecule has 1 saturated heterocycles. The lowest BCUT2D eigenvalue weighted by atomic mass is 9.96. The molecule has 0 atom stereocenters. The van der Waals surface area contributed by atoms with Gasteiger partial charge in [-0.1, -0.05) is 0 Å². The largest absolute Gasteiger partial charge is 0.369 e. The van der Waals surface area contributed by atoms with Crippen LogP contribution in [0.2, 0.25) is 0 Å². The summed E-state index contributed by atoms with van der Waals surface area (Å²) in [4.78, 5) is 11.6. The van der Waals surface area contributed by atoms with Crippen LogP contribution < -0.4 is 20.7 Å². The maximum Gasteiger partial charge on any atom is 0.227 e. The molecule has 1 aliphatic carbocycles. The van der Waals surface area contributed by atoms with Crippen LogP contribution in [0, 0.1) is 0 Å². The van der Waals surface area contributed by atoms with E-state index in [9.17, 15) is 8.42 Å². The maximum absolute atomic E-state index is 11.1. The third kappa shape index (κ3) is 4.30. The number of fused-ring (bicyclic) bond motifs is 1. The highest BCUT2D eigenvalue weighted by atomic mass is 32.2. The van der Waals surface area contributed by atoms with Gasteiger partial charge in [-0.15, -0.1) is 0 Å². The standard InChI is InChI=1S/C14H24N6O2S/c15-23(21,22)10-7-17-13-11-3-1-2-4-12(11)18-14(19-13)20-8-5-16-6-9-20/h16H,1-10H2,(H2,15,21,22)(H,17,18,19). The summed E-state index contributed by atoms with van der Waals surface area (Å²) >= 11 is 0. The molecule has 0 amide bonds. The molecule has 1 aromatic rings. The number of aryl methyl sites for hydroxylation is 1. The summed E-state index contributed by atoms with van der Waals surface area (Å²) in [6.45, 7) is 3.89.